The molecule has 1 aromatic carbocycles. The Morgan fingerprint density at radius 2 is 2.21 bits per heavy atom. The second-order valence-corrected chi connectivity index (χ2v) is 4.45. The Labute approximate surface area is 118 Å². The molecule has 0 unspecified atom stereocenters. The average Bonchev–Trinajstić information content (AvgIpc) is 2.37. The maximum Gasteiger partial charge on any atom is 0.252 e. The van der Waals surface area contributed by atoms with Gasteiger partial charge in [0.1, 0.15) is 0 Å². The molecule has 0 aromatic heterocycles. The van der Waals surface area contributed by atoms with Crippen LogP contribution < -0.4 is 14.8 Å². The SMILES string of the molecule is C#CCNC(=O)c1cc(Cl)c(OC(C)C)c(OC)c1. The van der Waals surface area contributed by atoms with Gasteiger partial charge in [0.15, 0.2) is 11.5 Å². The molecule has 5 heteroatoms. The van der Waals surface area contributed by atoms with Gasteiger partial charge < -0.3 is 14.8 Å². The minimum Gasteiger partial charge on any atom is -0.493 e. The molecule has 19 heavy (non-hydrogen) atoms. The van der Waals surface area contributed by atoms with Gasteiger partial charge >= 0.3 is 0 Å². The number of amides is 1. The van der Waals surface area contributed by atoms with Gasteiger partial charge in [-0.05, 0) is 26.0 Å². The zero-order valence-corrected chi connectivity index (χ0v) is 11.9. The molecule has 0 aliphatic carbocycles. The third kappa shape index (κ3) is 4.08. The number of carbonyl (C=O) groups is 1. The molecule has 0 spiro atoms. The number of carbonyl (C=O) groups excluding carboxylic acids is 1. The highest BCUT2D eigenvalue weighted by Gasteiger charge is 2.16. The predicted molar refractivity (Wildman–Crippen MR) is 74.9 cm³/mol. The molecule has 1 aromatic rings. The lowest BCUT2D eigenvalue weighted by atomic mass is 10.2. The Balaban J connectivity index is 3.09. The minimum atomic E-state index is -0.311. The lowest BCUT2D eigenvalue weighted by Crippen LogP contribution is -2.23. The Bertz CT molecular complexity index is 506. The second kappa shape index (κ2) is 6.91. The number of rotatable bonds is 5. The molecule has 1 rings (SSSR count). The van der Waals surface area contributed by atoms with Crippen molar-refractivity contribution in [2.75, 3.05) is 13.7 Å². The van der Waals surface area contributed by atoms with Crippen molar-refractivity contribution in [3.63, 3.8) is 0 Å². The summed E-state index contributed by atoms with van der Waals surface area (Å²) in [5.74, 6) is 2.85. The zero-order chi connectivity index (χ0) is 14.4. The van der Waals surface area contributed by atoms with Crippen LogP contribution >= 0.6 is 11.6 Å². The van der Waals surface area contributed by atoms with Gasteiger partial charge in [-0.3, -0.25) is 4.79 Å². The summed E-state index contributed by atoms with van der Waals surface area (Å²) >= 11 is 6.11. The van der Waals surface area contributed by atoms with Crippen molar-refractivity contribution in [3.8, 4) is 23.8 Å². The van der Waals surface area contributed by atoms with Crippen molar-refractivity contribution >= 4 is 17.5 Å². The van der Waals surface area contributed by atoms with E-state index < -0.39 is 0 Å². The van der Waals surface area contributed by atoms with Crippen LogP contribution in [0.1, 0.15) is 24.2 Å². The van der Waals surface area contributed by atoms with Crippen molar-refractivity contribution in [2.24, 2.45) is 0 Å². The number of nitrogens with one attached hydrogen (secondary N) is 1. The van der Waals surface area contributed by atoms with Crippen molar-refractivity contribution in [3.05, 3.63) is 22.7 Å². The molecule has 1 N–H and O–H groups in total. The van der Waals surface area contributed by atoms with Crippen LogP contribution in [0.15, 0.2) is 12.1 Å². The monoisotopic (exact) mass is 281 g/mol. The smallest absolute Gasteiger partial charge is 0.252 e. The van der Waals surface area contributed by atoms with E-state index in [9.17, 15) is 4.79 Å². The van der Waals surface area contributed by atoms with Gasteiger partial charge in [-0.25, -0.2) is 0 Å². The number of methoxy groups -OCH3 is 1. The van der Waals surface area contributed by atoms with Gasteiger partial charge in [-0.2, -0.15) is 0 Å². The first-order chi connectivity index (χ1) is 8.99. The van der Waals surface area contributed by atoms with Crippen LogP contribution in [0.4, 0.5) is 0 Å². The topological polar surface area (TPSA) is 47.6 Å². The van der Waals surface area contributed by atoms with Gasteiger partial charge in [0, 0.05) is 5.56 Å². The molecule has 0 aliphatic rings. The molecule has 0 saturated carbocycles. The standard InChI is InChI=1S/C14H16ClNO3/c1-5-6-16-14(17)10-7-11(15)13(19-9(2)3)12(8-10)18-4/h1,7-9H,6H2,2-4H3,(H,16,17). The molecule has 0 aliphatic heterocycles. The lowest BCUT2D eigenvalue weighted by molar-refractivity contribution is 0.0958. The van der Waals surface area contributed by atoms with Crippen molar-refractivity contribution in [1.82, 2.24) is 5.32 Å². The fourth-order valence-electron chi connectivity index (χ4n) is 1.43. The first-order valence-corrected chi connectivity index (χ1v) is 6.13. The van der Waals surface area contributed by atoms with Gasteiger partial charge in [-0.1, -0.05) is 17.5 Å². The quantitative estimate of drug-likeness (QED) is 0.844. The Morgan fingerprint density at radius 1 is 1.53 bits per heavy atom. The van der Waals surface area contributed by atoms with Crippen LogP contribution in [0.3, 0.4) is 0 Å². The molecule has 1 amide bonds. The van der Waals surface area contributed by atoms with E-state index in [0.717, 1.165) is 0 Å². The summed E-state index contributed by atoms with van der Waals surface area (Å²) < 4.78 is 10.8. The number of ether oxygens (including phenoxy) is 2. The Kier molecular flexibility index (Phi) is 5.53. The first kappa shape index (κ1) is 15.2. The molecule has 0 heterocycles. The van der Waals surface area contributed by atoms with Crippen LogP contribution in [0.5, 0.6) is 11.5 Å². The number of benzene rings is 1. The summed E-state index contributed by atoms with van der Waals surface area (Å²) in [6.45, 7) is 3.91. The largest absolute Gasteiger partial charge is 0.493 e. The van der Waals surface area contributed by atoms with E-state index in [-0.39, 0.29) is 18.6 Å². The molecule has 0 saturated heterocycles. The number of terminal acetylenes is 1. The fraction of sp³-hybridized carbons (Fsp3) is 0.357. The van der Waals surface area contributed by atoms with Crippen molar-refractivity contribution < 1.29 is 14.3 Å². The van der Waals surface area contributed by atoms with Crippen LogP contribution in [-0.4, -0.2) is 25.7 Å². The van der Waals surface area contributed by atoms with Crippen LogP contribution in [0.25, 0.3) is 0 Å². The third-order valence-corrected chi connectivity index (χ3v) is 2.48. The third-order valence-electron chi connectivity index (χ3n) is 2.20. The Morgan fingerprint density at radius 3 is 2.74 bits per heavy atom. The van der Waals surface area contributed by atoms with E-state index in [1.807, 2.05) is 13.8 Å². The molecule has 0 fully saturated rings. The van der Waals surface area contributed by atoms with E-state index >= 15 is 0 Å². The van der Waals surface area contributed by atoms with Gasteiger partial charge in [0.2, 0.25) is 0 Å². The van der Waals surface area contributed by atoms with E-state index in [2.05, 4.69) is 11.2 Å². The summed E-state index contributed by atoms with van der Waals surface area (Å²) in [6.07, 6.45) is 5.04. The fourth-order valence-corrected chi connectivity index (χ4v) is 1.69. The highest BCUT2D eigenvalue weighted by atomic mass is 35.5. The van der Waals surface area contributed by atoms with Crippen LogP contribution in [-0.2, 0) is 0 Å². The van der Waals surface area contributed by atoms with Gasteiger partial charge in [-0.15, -0.1) is 6.42 Å². The summed E-state index contributed by atoms with van der Waals surface area (Å²) in [7, 11) is 1.49. The predicted octanol–water partition coefficient (Wildman–Crippen LogP) is 2.50. The average molecular weight is 282 g/mol. The summed E-state index contributed by atoms with van der Waals surface area (Å²) in [4.78, 5) is 11.8. The van der Waals surface area contributed by atoms with E-state index in [1.54, 1.807) is 6.07 Å². The van der Waals surface area contributed by atoms with Crippen LogP contribution in [0, 0.1) is 12.3 Å². The minimum absolute atomic E-state index is 0.0486. The number of hydrogen-bond donors (Lipinski definition) is 1. The maximum atomic E-state index is 11.8. The molecule has 4 nitrogen and oxygen atoms in total. The Hall–Kier alpha value is -1.86. The summed E-state index contributed by atoms with van der Waals surface area (Å²) in [5, 5.41) is 2.88. The normalized spacial score (nSPS) is 9.89. The molecular formula is C14H16ClNO3. The molecule has 0 radical (unpaired) electrons. The van der Waals surface area contributed by atoms with Crippen molar-refractivity contribution in [2.45, 2.75) is 20.0 Å². The summed E-state index contributed by atoms with van der Waals surface area (Å²) in [5.41, 5.74) is 0.369. The molecular weight excluding hydrogens is 266 g/mol. The molecule has 0 bridgehead atoms. The highest BCUT2D eigenvalue weighted by molar-refractivity contribution is 6.32. The van der Waals surface area contributed by atoms with E-state index in [1.165, 1.54) is 13.2 Å². The maximum absolute atomic E-state index is 11.8. The summed E-state index contributed by atoms with van der Waals surface area (Å²) in [6, 6.07) is 3.09. The van der Waals surface area contributed by atoms with Gasteiger partial charge in [0.05, 0.1) is 24.8 Å². The van der Waals surface area contributed by atoms with E-state index in [4.69, 9.17) is 27.5 Å². The zero-order valence-electron chi connectivity index (χ0n) is 11.1. The first-order valence-electron chi connectivity index (χ1n) is 5.75. The number of hydrogen-bond acceptors (Lipinski definition) is 3. The number of halogens is 1. The van der Waals surface area contributed by atoms with Crippen molar-refractivity contribution in [1.29, 1.82) is 0 Å². The van der Waals surface area contributed by atoms with Gasteiger partial charge in [0.25, 0.3) is 5.91 Å². The molecule has 0 atom stereocenters. The van der Waals surface area contributed by atoms with Crippen LogP contribution in [0.2, 0.25) is 5.02 Å². The highest BCUT2D eigenvalue weighted by Crippen LogP contribution is 2.37. The molecule has 102 valence electrons. The second-order valence-electron chi connectivity index (χ2n) is 4.04. The van der Waals surface area contributed by atoms with E-state index in [0.29, 0.717) is 22.1 Å². The lowest BCUT2D eigenvalue weighted by Gasteiger charge is -2.16.